The average molecular weight is 321 g/mol. The lowest BCUT2D eigenvalue weighted by Crippen LogP contribution is -2.24. The lowest BCUT2D eigenvalue weighted by atomic mass is 10.00. The van der Waals surface area contributed by atoms with Gasteiger partial charge in [-0.25, -0.2) is 0 Å². The second-order valence-corrected chi connectivity index (χ2v) is 5.53. The number of nitriles is 1. The summed E-state index contributed by atoms with van der Waals surface area (Å²) < 4.78 is 23.7. The van der Waals surface area contributed by atoms with Crippen LogP contribution in [0, 0.1) is 23.4 Å². The van der Waals surface area contributed by atoms with E-state index in [0.717, 1.165) is 42.7 Å². The molecule has 1 fully saturated rings. The largest absolute Gasteiger partial charge is 0.465 e. The van der Waals surface area contributed by atoms with Crippen molar-refractivity contribution < 1.29 is 13.9 Å². The normalized spacial score (nSPS) is 16.6. The summed E-state index contributed by atoms with van der Waals surface area (Å²) in [6.07, 6.45) is 4.29. The molecule has 1 heterocycles. The number of hydrogen-bond acceptors (Lipinski definition) is 3. The van der Waals surface area contributed by atoms with E-state index in [9.17, 15) is 4.39 Å². The predicted molar refractivity (Wildman–Crippen MR) is 88.8 cm³/mol. The molecule has 2 aromatic carbocycles. The van der Waals surface area contributed by atoms with Gasteiger partial charge in [0.2, 0.25) is 0 Å². The summed E-state index contributed by atoms with van der Waals surface area (Å²) in [7, 11) is 0. The van der Waals surface area contributed by atoms with Crippen LogP contribution in [0.5, 0.6) is 5.75 Å². The van der Waals surface area contributed by atoms with E-state index in [4.69, 9.17) is 14.7 Å². The molecule has 1 atom stereocenters. The summed E-state index contributed by atoms with van der Waals surface area (Å²) in [6, 6.07) is 14.8. The first-order valence-corrected chi connectivity index (χ1v) is 7.84. The van der Waals surface area contributed by atoms with Gasteiger partial charge >= 0.3 is 0 Å². The Bertz CT molecular complexity index is 806. The SMILES string of the molecule is N#Cc1ccc(-c2ccc(OC3CCCCO3)cc2)cc1C#CF. The van der Waals surface area contributed by atoms with Gasteiger partial charge in [-0.2, -0.15) is 5.26 Å². The van der Waals surface area contributed by atoms with Crippen LogP contribution >= 0.6 is 0 Å². The molecule has 4 heteroatoms. The lowest BCUT2D eigenvalue weighted by Gasteiger charge is -2.23. The predicted octanol–water partition coefficient (Wildman–Crippen LogP) is 4.41. The molecule has 0 aliphatic carbocycles. The topological polar surface area (TPSA) is 42.2 Å². The second kappa shape index (κ2) is 7.64. The van der Waals surface area contributed by atoms with Crippen molar-refractivity contribution >= 4 is 0 Å². The van der Waals surface area contributed by atoms with Crippen LogP contribution in [0.4, 0.5) is 4.39 Å². The van der Waals surface area contributed by atoms with E-state index < -0.39 is 0 Å². The van der Waals surface area contributed by atoms with Gasteiger partial charge in [0.25, 0.3) is 0 Å². The van der Waals surface area contributed by atoms with E-state index >= 15 is 0 Å². The zero-order chi connectivity index (χ0) is 16.8. The highest BCUT2D eigenvalue weighted by Gasteiger charge is 2.15. The number of ether oxygens (including phenoxy) is 2. The lowest BCUT2D eigenvalue weighted by molar-refractivity contribution is -0.105. The van der Waals surface area contributed by atoms with E-state index in [-0.39, 0.29) is 6.29 Å². The third-order valence-corrected chi connectivity index (χ3v) is 3.92. The molecule has 24 heavy (non-hydrogen) atoms. The Morgan fingerprint density at radius 2 is 1.83 bits per heavy atom. The monoisotopic (exact) mass is 321 g/mol. The van der Waals surface area contributed by atoms with Crippen molar-refractivity contribution in [3.05, 3.63) is 53.6 Å². The Balaban J connectivity index is 1.78. The highest BCUT2D eigenvalue weighted by atomic mass is 19.1. The van der Waals surface area contributed by atoms with E-state index in [0.29, 0.717) is 11.1 Å². The Morgan fingerprint density at radius 3 is 2.50 bits per heavy atom. The molecule has 1 unspecified atom stereocenters. The Hall–Kier alpha value is -2.82. The Kier molecular flexibility index (Phi) is 5.11. The minimum absolute atomic E-state index is 0.175. The fourth-order valence-corrected chi connectivity index (χ4v) is 2.66. The van der Waals surface area contributed by atoms with Crippen LogP contribution in [-0.4, -0.2) is 12.9 Å². The second-order valence-electron chi connectivity index (χ2n) is 5.53. The minimum Gasteiger partial charge on any atom is -0.465 e. The number of nitrogens with zero attached hydrogens (tertiary/aromatic N) is 1. The summed E-state index contributed by atoms with van der Waals surface area (Å²) in [5.74, 6) is 3.08. The number of halogens is 1. The molecule has 0 N–H and O–H groups in total. The van der Waals surface area contributed by atoms with Gasteiger partial charge in [0.05, 0.1) is 12.2 Å². The van der Waals surface area contributed by atoms with Gasteiger partial charge in [-0.1, -0.05) is 18.2 Å². The van der Waals surface area contributed by atoms with Crippen LogP contribution in [0.2, 0.25) is 0 Å². The molecule has 3 rings (SSSR count). The summed E-state index contributed by atoms with van der Waals surface area (Å²) in [5.41, 5.74) is 2.55. The molecule has 0 spiro atoms. The van der Waals surface area contributed by atoms with E-state index in [1.807, 2.05) is 36.4 Å². The minimum atomic E-state index is -0.175. The van der Waals surface area contributed by atoms with Gasteiger partial charge in [-0.05, 0) is 54.2 Å². The molecule has 0 bridgehead atoms. The molecule has 0 aromatic heterocycles. The molecular formula is C20H16FNO2. The molecule has 1 aliphatic rings. The highest BCUT2D eigenvalue weighted by molar-refractivity contribution is 5.68. The quantitative estimate of drug-likeness (QED) is 0.786. The summed E-state index contributed by atoms with van der Waals surface area (Å²) >= 11 is 0. The van der Waals surface area contributed by atoms with E-state index in [1.165, 1.54) is 6.17 Å². The first-order chi connectivity index (χ1) is 11.8. The summed E-state index contributed by atoms with van der Waals surface area (Å²) in [6.45, 7) is 0.742. The van der Waals surface area contributed by atoms with Crippen LogP contribution < -0.4 is 4.74 Å². The number of benzene rings is 2. The molecule has 1 aliphatic heterocycles. The number of hydrogen-bond donors (Lipinski definition) is 0. The maximum atomic E-state index is 12.3. The van der Waals surface area contributed by atoms with Gasteiger partial charge in [0, 0.05) is 12.0 Å². The van der Waals surface area contributed by atoms with Crippen LogP contribution in [0.3, 0.4) is 0 Å². The Morgan fingerprint density at radius 1 is 1.04 bits per heavy atom. The fourth-order valence-electron chi connectivity index (χ4n) is 2.66. The third kappa shape index (κ3) is 3.74. The molecule has 120 valence electrons. The molecule has 0 saturated carbocycles. The van der Waals surface area contributed by atoms with Crippen LogP contribution in [0.25, 0.3) is 11.1 Å². The van der Waals surface area contributed by atoms with Gasteiger partial charge in [0.15, 0.2) is 6.29 Å². The average Bonchev–Trinajstić information content (AvgIpc) is 2.63. The smallest absolute Gasteiger partial charge is 0.199 e. The van der Waals surface area contributed by atoms with Crippen molar-refractivity contribution in [3.8, 4) is 35.0 Å². The number of rotatable bonds is 3. The van der Waals surface area contributed by atoms with E-state index in [2.05, 4.69) is 5.92 Å². The summed E-state index contributed by atoms with van der Waals surface area (Å²) in [4.78, 5) is 0. The fraction of sp³-hybridized carbons (Fsp3) is 0.250. The zero-order valence-electron chi connectivity index (χ0n) is 13.1. The molecule has 0 radical (unpaired) electrons. The summed E-state index contributed by atoms with van der Waals surface area (Å²) in [5, 5.41) is 9.03. The highest BCUT2D eigenvalue weighted by Crippen LogP contribution is 2.26. The van der Waals surface area contributed by atoms with E-state index in [1.54, 1.807) is 12.1 Å². The Labute approximate surface area is 140 Å². The van der Waals surface area contributed by atoms with Crippen LogP contribution in [-0.2, 0) is 4.74 Å². The molecule has 1 saturated heterocycles. The maximum absolute atomic E-state index is 12.3. The van der Waals surface area contributed by atoms with Crippen LogP contribution in [0.15, 0.2) is 42.5 Å². The zero-order valence-corrected chi connectivity index (χ0v) is 13.1. The van der Waals surface area contributed by atoms with Crippen molar-refractivity contribution in [2.75, 3.05) is 6.61 Å². The third-order valence-electron chi connectivity index (χ3n) is 3.92. The maximum Gasteiger partial charge on any atom is 0.199 e. The van der Waals surface area contributed by atoms with Crippen molar-refractivity contribution in [2.45, 2.75) is 25.6 Å². The molecule has 2 aromatic rings. The van der Waals surface area contributed by atoms with Crippen LogP contribution in [0.1, 0.15) is 30.4 Å². The van der Waals surface area contributed by atoms with Gasteiger partial charge in [-0.15, -0.1) is 4.39 Å². The molecule has 0 amide bonds. The van der Waals surface area contributed by atoms with Gasteiger partial charge < -0.3 is 9.47 Å². The van der Waals surface area contributed by atoms with Gasteiger partial charge in [0.1, 0.15) is 18.0 Å². The first kappa shape index (κ1) is 16.1. The van der Waals surface area contributed by atoms with Crippen molar-refractivity contribution in [2.24, 2.45) is 0 Å². The molecular weight excluding hydrogens is 305 g/mol. The van der Waals surface area contributed by atoms with Crippen molar-refractivity contribution in [1.82, 2.24) is 0 Å². The standard InChI is InChI=1S/C20H16FNO2/c21-11-10-17-13-16(4-5-18(17)14-22)15-6-8-19(9-7-15)24-20-3-1-2-12-23-20/h4-9,13,20H,1-3,12H2. The molecule has 3 nitrogen and oxygen atoms in total. The van der Waals surface area contributed by atoms with Crippen molar-refractivity contribution in [3.63, 3.8) is 0 Å². The van der Waals surface area contributed by atoms with Gasteiger partial charge in [-0.3, -0.25) is 0 Å². The van der Waals surface area contributed by atoms with Crippen molar-refractivity contribution in [1.29, 1.82) is 5.26 Å². The first-order valence-electron chi connectivity index (χ1n) is 7.84.